The molecule has 0 aliphatic carbocycles. The molecule has 2 fully saturated rings. The van der Waals surface area contributed by atoms with Crippen molar-refractivity contribution < 1.29 is 14.3 Å². The van der Waals surface area contributed by atoms with Crippen LogP contribution in [0.1, 0.15) is 47.5 Å². The highest BCUT2D eigenvalue weighted by atomic mass is 16.6. The van der Waals surface area contributed by atoms with E-state index in [-0.39, 0.29) is 18.2 Å². The Hall–Kier alpha value is -1.50. The Morgan fingerprint density at radius 1 is 1.12 bits per heavy atom. The van der Waals surface area contributed by atoms with Gasteiger partial charge in [0.15, 0.2) is 0 Å². The van der Waals surface area contributed by atoms with Gasteiger partial charge in [-0.2, -0.15) is 0 Å². The van der Waals surface area contributed by atoms with Crippen LogP contribution in [-0.4, -0.2) is 84.3 Å². The highest BCUT2D eigenvalue weighted by Gasteiger charge is 2.28. The number of nitrogens with one attached hydrogen (secondary N) is 1. The van der Waals surface area contributed by atoms with Crippen LogP contribution in [0.15, 0.2) is 0 Å². The van der Waals surface area contributed by atoms with Crippen molar-refractivity contribution in [2.45, 2.75) is 59.1 Å². The third-order valence-electron chi connectivity index (χ3n) is 4.86. The van der Waals surface area contributed by atoms with Crippen LogP contribution < -0.4 is 5.32 Å². The van der Waals surface area contributed by atoms with Crippen molar-refractivity contribution in [3.05, 3.63) is 0 Å². The summed E-state index contributed by atoms with van der Waals surface area (Å²) in [5.74, 6) is 0.743. The summed E-state index contributed by atoms with van der Waals surface area (Å²) in [6, 6.07) is 0.0862. The van der Waals surface area contributed by atoms with Crippen LogP contribution in [0.25, 0.3) is 0 Å². The largest absolute Gasteiger partial charge is 0.444 e. The van der Waals surface area contributed by atoms with E-state index in [1.807, 2.05) is 20.8 Å². The van der Waals surface area contributed by atoms with E-state index in [2.05, 4.69) is 24.1 Å². The number of ether oxygens (including phenoxy) is 1. The molecule has 7 nitrogen and oxygen atoms in total. The minimum absolute atomic E-state index is 0.0357. The lowest BCUT2D eigenvalue weighted by molar-refractivity contribution is 0.0168. The highest BCUT2D eigenvalue weighted by molar-refractivity contribution is 5.75. The van der Waals surface area contributed by atoms with Crippen molar-refractivity contribution in [1.29, 1.82) is 0 Å². The number of nitrogens with zero attached hydrogens (tertiary/aromatic N) is 3. The number of carbonyl (C=O) groups excluding carboxylic acids is 2. The van der Waals surface area contributed by atoms with Gasteiger partial charge in [-0.3, -0.25) is 0 Å². The maximum atomic E-state index is 12.5. The lowest BCUT2D eigenvalue weighted by Gasteiger charge is -2.37. The zero-order valence-electron chi connectivity index (χ0n) is 17.1. The van der Waals surface area contributed by atoms with Crippen molar-refractivity contribution in [3.63, 3.8) is 0 Å². The summed E-state index contributed by atoms with van der Waals surface area (Å²) in [7, 11) is 0. The molecule has 2 aliphatic heterocycles. The van der Waals surface area contributed by atoms with Gasteiger partial charge < -0.3 is 24.8 Å². The van der Waals surface area contributed by atoms with Crippen LogP contribution in [0.3, 0.4) is 0 Å². The first-order chi connectivity index (χ1) is 12.1. The van der Waals surface area contributed by atoms with Crippen LogP contribution >= 0.6 is 0 Å². The SMILES string of the molecule is CC1CCCN(CC(C)NC(=O)N2CCN(C(=O)OC(C)(C)C)CC2)C1. The summed E-state index contributed by atoms with van der Waals surface area (Å²) in [5.41, 5.74) is -0.493. The molecule has 26 heavy (non-hydrogen) atoms. The maximum Gasteiger partial charge on any atom is 0.410 e. The number of piperazine rings is 1. The molecule has 2 rings (SSSR count). The van der Waals surface area contributed by atoms with Gasteiger partial charge in [-0.25, -0.2) is 9.59 Å². The van der Waals surface area contributed by atoms with E-state index >= 15 is 0 Å². The molecule has 2 heterocycles. The van der Waals surface area contributed by atoms with Gasteiger partial charge in [0, 0.05) is 45.3 Å². The fourth-order valence-electron chi connectivity index (χ4n) is 3.61. The lowest BCUT2D eigenvalue weighted by atomic mass is 10.00. The fourth-order valence-corrected chi connectivity index (χ4v) is 3.61. The van der Waals surface area contributed by atoms with Crippen LogP contribution in [-0.2, 0) is 4.74 Å². The molecule has 0 saturated carbocycles. The highest BCUT2D eigenvalue weighted by Crippen LogP contribution is 2.15. The van der Waals surface area contributed by atoms with Gasteiger partial charge in [-0.15, -0.1) is 0 Å². The molecule has 0 radical (unpaired) electrons. The average Bonchev–Trinajstić information content (AvgIpc) is 2.53. The number of amides is 3. The average molecular weight is 369 g/mol. The molecule has 1 N–H and O–H groups in total. The van der Waals surface area contributed by atoms with Gasteiger partial charge in [-0.05, 0) is 53.0 Å². The number of hydrogen-bond acceptors (Lipinski definition) is 4. The smallest absolute Gasteiger partial charge is 0.410 e. The van der Waals surface area contributed by atoms with Crippen molar-refractivity contribution in [2.24, 2.45) is 5.92 Å². The molecule has 150 valence electrons. The summed E-state index contributed by atoms with van der Waals surface area (Å²) in [6.07, 6.45) is 2.25. The first-order valence-corrected chi connectivity index (χ1v) is 9.90. The van der Waals surface area contributed by atoms with Crippen LogP contribution in [0.4, 0.5) is 9.59 Å². The minimum Gasteiger partial charge on any atom is -0.444 e. The van der Waals surface area contributed by atoms with Gasteiger partial charge in [0.05, 0.1) is 0 Å². The van der Waals surface area contributed by atoms with Crippen molar-refractivity contribution in [2.75, 3.05) is 45.8 Å². The second-order valence-electron chi connectivity index (χ2n) is 8.81. The second kappa shape index (κ2) is 8.93. The van der Waals surface area contributed by atoms with E-state index in [9.17, 15) is 9.59 Å². The Labute approximate surface area is 158 Å². The Morgan fingerprint density at radius 3 is 2.31 bits per heavy atom. The number of piperidine rings is 1. The lowest BCUT2D eigenvalue weighted by Crippen LogP contribution is -2.56. The minimum atomic E-state index is -0.493. The Balaban J connectivity index is 1.71. The van der Waals surface area contributed by atoms with E-state index in [1.54, 1.807) is 9.80 Å². The third kappa shape index (κ3) is 6.67. The molecule has 2 aliphatic rings. The quantitative estimate of drug-likeness (QED) is 0.831. The van der Waals surface area contributed by atoms with E-state index < -0.39 is 5.60 Å². The number of carbonyl (C=O) groups is 2. The van der Waals surface area contributed by atoms with E-state index in [4.69, 9.17) is 4.74 Å². The van der Waals surface area contributed by atoms with E-state index in [0.29, 0.717) is 26.2 Å². The molecule has 2 atom stereocenters. The standard InChI is InChI=1S/C19H36N4O3/c1-15-7-6-8-21(13-15)14-16(2)20-17(24)22-9-11-23(12-10-22)18(25)26-19(3,4)5/h15-16H,6-14H2,1-5H3,(H,20,24). The van der Waals surface area contributed by atoms with Crippen LogP contribution in [0, 0.1) is 5.92 Å². The molecular formula is C19H36N4O3. The molecule has 3 amide bonds. The van der Waals surface area contributed by atoms with Crippen LogP contribution in [0.2, 0.25) is 0 Å². The van der Waals surface area contributed by atoms with Gasteiger partial charge in [0.2, 0.25) is 0 Å². The number of rotatable bonds is 3. The molecule has 0 aromatic carbocycles. The summed E-state index contributed by atoms with van der Waals surface area (Å²) in [4.78, 5) is 30.5. The van der Waals surface area contributed by atoms with Crippen LogP contribution in [0.5, 0.6) is 0 Å². The number of hydrogen-bond donors (Lipinski definition) is 1. The zero-order valence-corrected chi connectivity index (χ0v) is 17.1. The molecular weight excluding hydrogens is 332 g/mol. The Morgan fingerprint density at radius 2 is 1.73 bits per heavy atom. The Bertz CT molecular complexity index is 484. The summed E-state index contributed by atoms with van der Waals surface area (Å²) < 4.78 is 5.39. The molecule has 0 aromatic rings. The van der Waals surface area contributed by atoms with Crippen molar-refractivity contribution in [3.8, 4) is 0 Å². The molecule has 0 aromatic heterocycles. The van der Waals surface area contributed by atoms with E-state index in [0.717, 1.165) is 25.6 Å². The van der Waals surface area contributed by atoms with E-state index in [1.165, 1.54) is 12.8 Å². The first-order valence-electron chi connectivity index (χ1n) is 9.90. The predicted octanol–water partition coefficient (Wildman–Crippen LogP) is 2.37. The number of urea groups is 1. The molecule has 7 heteroatoms. The topological polar surface area (TPSA) is 65.1 Å². The second-order valence-corrected chi connectivity index (χ2v) is 8.81. The normalized spacial score (nSPS) is 23.5. The van der Waals surface area contributed by atoms with Crippen molar-refractivity contribution in [1.82, 2.24) is 20.0 Å². The maximum absolute atomic E-state index is 12.5. The Kier molecular flexibility index (Phi) is 7.15. The molecule has 2 unspecified atom stereocenters. The van der Waals surface area contributed by atoms with Gasteiger partial charge >= 0.3 is 12.1 Å². The van der Waals surface area contributed by atoms with Crippen molar-refractivity contribution >= 4 is 12.1 Å². The fraction of sp³-hybridized carbons (Fsp3) is 0.895. The molecule has 2 saturated heterocycles. The summed E-state index contributed by atoms with van der Waals surface area (Å²) in [5, 5.41) is 3.10. The van der Waals surface area contributed by atoms with Gasteiger partial charge in [-0.1, -0.05) is 6.92 Å². The predicted molar refractivity (Wildman–Crippen MR) is 102 cm³/mol. The first kappa shape index (κ1) is 20.8. The van der Waals surface area contributed by atoms with Gasteiger partial charge in [0.25, 0.3) is 0 Å². The zero-order chi connectivity index (χ0) is 19.3. The molecule has 0 bridgehead atoms. The molecule has 0 spiro atoms. The van der Waals surface area contributed by atoms with Gasteiger partial charge in [0.1, 0.15) is 5.60 Å². The third-order valence-corrected chi connectivity index (χ3v) is 4.86. The summed E-state index contributed by atoms with van der Waals surface area (Å²) in [6.45, 7) is 15.2. The monoisotopic (exact) mass is 368 g/mol. The summed E-state index contributed by atoms with van der Waals surface area (Å²) >= 11 is 0. The number of likely N-dealkylation sites (tertiary alicyclic amines) is 1.